The summed E-state index contributed by atoms with van der Waals surface area (Å²) in [6.07, 6.45) is 8.06. The standard InChI is InChI=1S/C30H42N2O8S2/c1-21-9-7-8-12-25(21)27-18-23(13-14-26(27)29(33)32-28(30(34)35)15-16-41(2,36)37)20-40-24(19-31-42(3,38)39)17-22-10-5-4-6-11-22/h7-9,12-14,18,22,24,28,31H,4-6,10-11,15-17,19-20H2,1-3H3,(H,32,33)(H,34,35)/t24?,28-/m1/s1. The molecule has 2 atom stereocenters. The molecule has 1 aliphatic carbocycles. The number of rotatable bonds is 15. The summed E-state index contributed by atoms with van der Waals surface area (Å²) in [4.78, 5) is 25.1. The van der Waals surface area contributed by atoms with Crippen molar-refractivity contribution in [1.29, 1.82) is 0 Å². The number of ether oxygens (including phenoxy) is 1. The van der Waals surface area contributed by atoms with E-state index in [1.54, 1.807) is 12.1 Å². The van der Waals surface area contributed by atoms with Crippen LogP contribution in [0.15, 0.2) is 42.5 Å². The Kier molecular flexibility index (Phi) is 12.1. The number of benzene rings is 2. The van der Waals surface area contributed by atoms with Crippen molar-refractivity contribution in [3.63, 3.8) is 0 Å². The fraction of sp³-hybridized carbons (Fsp3) is 0.533. The van der Waals surface area contributed by atoms with Crippen molar-refractivity contribution in [1.82, 2.24) is 10.0 Å². The number of amides is 1. The fourth-order valence-electron chi connectivity index (χ4n) is 5.27. The highest BCUT2D eigenvalue weighted by Gasteiger charge is 2.25. The zero-order valence-corrected chi connectivity index (χ0v) is 26.1. The first kappa shape index (κ1) is 33.7. The van der Waals surface area contributed by atoms with E-state index in [2.05, 4.69) is 10.0 Å². The van der Waals surface area contributed by atoms with Crippen molar-refractivity contribution in [3.8, 4) is 11.1 Å². The number of hydrogen-bond acceptors (Lipinski definition) is 7. The van der Waals surface area contributed by atoms with Crippen LogP contribution in [0.2, 0.25) is 0 Å². The summed E-state index contributed by atoms with van der Waals surface area (Å²) in [5.41, 5.74) is 3.28. The van der Waals surface area contributed by atoms with Crippen molar-refractivity contribution in [2.45, 2.75) is 70.6 Å². The summed E-state index contributed by atoms with van der Waals surface area (Å²) in [5, 5.41) is 12.1. The lowest BCUT2D eigenvalue weighted by Gasteiger charge is -2.27. The highest BCUT2D eigenvalue weighted by molar-refractivity contribution is 7.90. The van der Waals surface area contributed by atoms with E-state index < -0.39 is 37.8 Å². The lowest BCUT2D eigenvalue weighted by Crippen LogP contribution is -2.42. The molecule has 0 spiro atoms. The maximum absolute atomic E-state index is 13.3. The summed E-state index contributed by atoms with van der Waals surface area (Å²) >= 11 is 0. The first-order valence-electron chi connectivity index (χ1n) is 14.2. The fourth-order valence-corrected chi connectivity index (χ4v) is 6.42. The van der Waals surface area contributed by atoms with E-state index in [9.17, 15) is 31.5 Å². The van der Waals surface area contributed by atoms with Crippen molar-refractivity contribution >= 4 is 31.7 Å². The zero-order chi connectivity index (χ0) is 30.9. The molecule has 1 amide bonds. The molecule has 42 heavy (non-hydrogen) atoms. The Morgan fingerprint density at radius 2 is 1.69 bits per heavy atom. The quantitative estimate of drug-likeness (QED) is 0.272. The van der Waals surface area contributed by atoms with Gasteiger partial charge in [-0.2, -0.15) is 0 Å². The number of nitrogens with one attached hydrogen (secondary N) is 2. The minimum Gasteiger partial charge on any atom is -0.480 e. The summed E-state index contributed by atoms with van der Waals surface area (Å²) < 4.78 is 55.5. The first-order valence-corrected chi connectivity index (χ1v) is 18.1. The van der Waals surface area contributed by atoms with Crippen LogP contribution in [0.25, 0.3) is 11.1 Å². The van der Waals surface area contributed by atoms with Crippen LogP contribution in [0.1, 0.15) is 66.4 Å². The highest BCUT2D eigenvalue weighted by atomic mass is 32.2. The van der Waals surface area contributed by atoms with Gasteiger partial charge in [-0.05, 0) is 60.1 Å². The molecule has 2 aromatic carbocycles. The minimum atomic E-state index is -3.42. The molecule has 1 saturated carbocycles. The van der Waals surface area contributed by atoms with Crippen LogP contribution in [0.4, 0.5) is 0 Å². The number of sulfonamides is 1. The summed E-state index contributed by atoms with van der Waals surface area (Å²) in [6, 6.07) is 11.3. The van der Waals surface area contributed by atoms with Gasteiger partial charge in [0.15, 0.2) is 0 Å². The van der Waals surface area contributed by atoms with Gasteiger partial charge in [0, 0.05) is 18.4 Å². The molecule has 1 aliphatic rings. The van der Waals surface area contributed by atoms with Crippen molar-refractivity contribution in [3.05, 3.63) is 59.2 Å². The monoisotopic (exact) mass is 622 g/mol. The third-order valence-corrected chi connectivity index (χ3v) is 9.19. The number of carboxylic acid groups (broad SMARTS) is 1. The average Bonchev–Trinajstić information content (AvgIpc) is 2.92. The number of aliphatic carboxylic acids is 1. The molecule has 1 fully saturated rings. The molecule has 2 aromatic rings. The first-order chi connectivity index (χ1) is 19.7. The smallest absolute Gasteiger partial charge is 0.326 e. The van der Waals surface area contributed by atoms with Gasteiger partial charge in [-0.3, -0.25) is 4.79 Å². The largest absolute Gasteiger partial charge is 0.480 e. The van der Waals surface area contributed by atoms with Gasteiger partial charge in [-0.15, -0.1) is 0 Å². The average molecular weight is 623 g/mol. The number of sulfone groups is 1. The van der Waals surface area contributed by atoms with E-state index in [1.807, 2.05) is 37.3 Å². The zero-order valence-electron chi connectivity index (χ0n) is 24.5. The van der Waals surface area contributed by atoms with Crippen LogP contribution >= 0.6 is 0 Å². The molecule has 1 unspecified atom stereocenters. The van der Waals surface area contributed by atoms with Crippen LogP contribution in [0, 0.1) is 12.8 Å². The second kappa shape index (κ2) is 15.1. The molecule has 3 rings (SSSR count). The highest BCUT2D eigenvalue weighted by Crippen LogP contribution is 2.30. The summed E-state index contributed by atoms with van der Waals surface area (Å²) in [5.74, 6) is -1.85. The second-order valence-corrected chi connectivity index (χ2v) is 15.4. The molecular weight excluding hydrogens is 580 g/mol. The molecule has 0 heterocycles. The molecule has 0 bridgehead atoms. The van der Waals surface area contributed by atoms with Crippen molar-refractivity contribution in [2.75, 3.05) is 24.8 Å². The molecule has 10 nitrogen and oxygen atoms in total. The van der Waals surface area contributed by atoms with Crippen LogP contribution in [0.3, 0.4) is 0 Å². The SMILES string of the molecule is Cc1ccccc1-c1cc(COC(CNS(C)(=O)=O)CC2CCCCC2)ccc1C(=O)N[C@H](CCS(C)(=O)=O)C(=O)O. The summed E-state index contributed by atoms with van der Waals surface area (Å²) in [7, 11) is -6.80. The van der Waals surface area contributed by atoms with Crippen LogP contribution in [0.5, 0.6) is 0 Å². The Morgan fingerprint density at radius 3 is 2.31 bits per heavy atom. The molecule has 0 aromatic heterocycles. The van der Waals surface area contributed by atoms with Crippen LogP contribution in [-0.2, 0) is 36.0 Å². The molecule has 0 aliphatic heterocycles. The maximum Gasteiger partial charge on any atom is 0.326 e. The van der Waals surface area contributed by atoms with Gasteiger partial charge >= 0.3 is 5.97 Å². The van der Waals surface area contributed by atoms with Crippen LogP contribution in [-0.4, -0.2) is 70.8 Å². The predicted octanol–water partition coefficient (Wildman–Crippen LogP) is 3.68. The predicted molar refractivity (Wildman–Crippen MR) is 162 cm³/mol. The van der Waals surface area contributed by atoms with E-state index >= 15 is 0 Å². The van der Waals surface area contributed by atoms with E-state index in [4.69, 9.17) is 4.74 Å². The molecular formula is C30H42N2O8S2. The van der Waals surface area contributed by atoms with Gasteiger partial charge < -0.3 is 15.2 Å². The molecule has 0 radical (unpaired) electrons. The number of carboxylic acids is 1. The Bertz CT molecular complexity index is 1450. The van der Waals surface area contributed by atoms with Gasteiger partial charge in [0.1, 0.15) is 15.9 Å². The second-order valence-electron chi connectivity index (χ2n) is 11.3. The molecule has 12 heteroatoms. The van der Waals surface area contributed by atoms with E-state index in [1.165, 1.54) is 6.42 Å². The van der Waals surface area contributed by atoms with Crippen LogP contribution < -0.4 is 10.0 Å². The van der Waals surface area contributed by atoms with Gasteiger partial charge in [-0.25, -0.2) is 26.4 Å². The third-order valence-electron chi connectivity index (χ3n) is 7.52. The topological polar surface area (TPSA) is 156 Å². The Labute approximate surface area is 249 Å². The normalized spacial score (nSPS) is 16.1. The molecule has 3 N–H and O–H groups in total. The van der Waals surface area contributed by atoms with Gasteiger partial charge in [-0.1, -0.05) is 62.4 Å². The third kappa shape index (κ3) is 11.1. The summed E-state index contributed by atoms with van der Waals surface area (Å²) in [6.45, 7) is 2.27. The van der Waals surface area contributed by atoms with Gasteiger partial charge in [0.2, 0.25) is 10.0 Å². The number of carbonyl (C=O) groups excluding carboxylic acids is 1. The Morgan fingerprint density at radius 1 is 1.00 bits per heavy atom. The number of hydrogen-bond donors (Lipinski definition) is 3. The number of carbonyl (C=O) groups is 2. The van der Waals surface area contributed by atoms with E-state index in [0.29, 0.717) is 11.5 Å². The maximum atomic E-state index is 13.3. The lowest BCUT2D eigenvalue weighted by atomic mass is 9.85. The molecule has 232 valence electrons. The van der Waals surface area contributed by atoms with Crippen molar-refractivity contribution < 1.29 is 36.3 Å². The minimum absolute atomic E-state index is 0.171. The van der Waals surface area contributed by atoms with Gasteiger partial charge in [0.25, 0.3) is 5.91 Å². The Hall–Kier alpha value is -2.80. The number of aryl methyl sites for hydroxylation is 1. The van der Waals surface area contributed by atoms with E-state index in [-0.39, 0.29) is 37.0 Å². The molecule has 0 saturated heterocycles. The van der Waals surface area contributed by atoms with E-state index in [0.717, 1.165) is 61.3 Å². The van der Waals surface area contributed by atoms with Crippen molar-refractivity contribution in [2.24, 2.45) is 5.92 Å². The lowest BCUT2D eigenvalue weighted by molar-refractivity contribution is -0.139. The van der Waals surface area contributed by atoms with Gasteiger partial charge in [0.05, 0.1) is 24.7 Å². The Balaban J connectivity index is 1.85.